The van der Waals surface area contributed by atoms with Crippen molar-refractivity contribution in [2.24, 2.45) is 0 Å². The largest absolute Gasteiger partial charge is 0.490 e. The number of halogens is 1. The van der Waals surface area contributed by atoms with Crippen LogP contribution < -0.4 is 10.1 Å². The molecule has 0 aromatic heterocycles. The second-order valence-electron chi connectivity index (χ2n) is 3.56. The van der Waals surface area contributed by atoms with Gasteiger partial charge in [0.1, 0.15) is 0 Å². The molecule has 1 heterocycles. The fourth-order valence-electron chi connectivity index (χ4n) is 1.83. The van der Waals surface area contributed by atoms with E-state index >= 15 is 0 Å². The topological polar surface area (TPSA) is 21.3 Å². The second-order valence-corrected chi connectivity index (χ2v) is 3.56. The van der Waals surface area contributed by atoms with Gasteiger partial charge in [0.05, 0.1) is 6.61 Å². The van der Waals surface area contributed by atoms with Crippen molar-refractivity contribution in [3.05, 3.63) is 29.6 Å². The molecule has 0 radical (unpaired) electrons. The van der Waals surface area contributed by atoms with E-state index in [9.17, 15) is 4.39 Å². The summed E-state index contributed by atoms with van der Waals surface area (Å²) in [5.74, 6) is 0.552. The predicted octanol–water partition coefficient (Wildman–Crippen LogP) is 1.91. The van der Waals surface area contributed by atoms with Gasteiger partial charge in [-0.2, -0.15) is 0 Å². The molecule has 2 rings (SSSR count). The maximum absolute atomic E-state index is 13.2. The van der Waals surface area contributed by atoms with Gasteiger partial charge in [-0.15, -0.1) is 0 Å². The third kappa shape index (κ3) is 1.60. The minimum Gasteiger partial charge on any atom is -0.490 e. The first kappa shape index (κ1) is 9.46. The summed E-state index contributed by atoms with van der Waals surface area (Å²) in [6, 6.07) is 5.14. The van der Waals surface area contributed by atoms with Crippen LogP contribution >= 0.6 is 0 Å². The Kier molecular flexibility index (Phi) is 2.68. The molecule has 0 amide bonds. The van der Waals surface area contributed by atoms with Crippen molar-refractivity contribution in [3.8, 4) is 5.75 Å². The van der Waals surface area contributed by atoms with E-state index in [2.05, 4.69) is 5.32 Å². The first-order valence-electron chi connectivity index (χ1n) is 4.88. The summed E-state index contributed by atoms with van der Waals surface area (Å²) in [5.41, 5.74) is 1.01. The number of hydrogen-bond acceptors (Lipinski definition) is 2. The van der Waals surface area contributed by atoms with Gasteiger partial charge < -0.3 is 10.1 Å². The minimum atomic E-state index is -0.241. The van der Waals surface area contributed by atoms with Crippen molar-refractivity contribution in [2.75, 3.05) is 20.2 Å². The van der Waals surface area contributed by atoms with Crippen molar-refractivity contribution in [1.82, 2.24) is 5.32 Å². The SMILES string of the molecule is CNCCC1COc2c(F)cccc21. The van der Waals surface area contributed by atoms with Gasteiger partial charge in [-0.1, -0.05) is 12.1 Å². The van der Waals surface area contributed by atoms with Crippen LogP contribution in [0.15, 0.2) is 18.2 Å². The minimum absolute atomic E-state index is 0.241. The number of ether oxygens (including phenoxy) is 1. The van der Waals surface area contributed by atoms with Gasteiger partial charge in [-0.05, 0) is 26.1 Å². The lowest BCUT2D eigenvalue weighted by Gasteiger charge is -2.07. The van der Waals surface area contributed by atoms with Crippen molar-refractivity contribution in [2.45, 2.75) is 12.3 Å². The van der Waals surface area contributed by atoms with Crippen LogP contribution in [0.5, 0.6) is 5.75 Å². The number of hydrogen-bond donors (Lipinski definition) is 1. The van der Waals surface area contributed by atoms with Gasteiger partial charge >= 0.3 is 0 Å². The third-order valence-electron chi connectivity index (χ3n) is 2.61. The van der Waals surface area contributed by atoms with Crippen LogP contribution in [-0.2, 0) is 0 Å². The van der Waals surface area contributed by atoms with E-state index in [0.717, 1.165) is 18.5 Å². The predicted molar refractivity (Wildman–Crippen MR) is 53.2 cm³/mol. The maximum atomic E-state index is 13.2. The van der Waals surface area contributed by atoms with Crippen molar-refractivity contribution < 1.29 is 9.13 Å². The first-order chi connectivity index (χ1) is 6.83. The lowest BCUT2D eigenvalue weighted by atomic mass is 9.98. The molecule has 0 saturated carbocycles. The van der Waals surface area contributed by atoms with Gasteiger partial charge in [-0.25, -0.2) is 4.39 Å². The summed E-state index contributed by atoms with van der Waals surface area (Å²) in [6.45, 7) is 1.54. The fourth-order valence-corrected chi connectivity index (χ4v) is 1.83. The molecule has 1 N–H and O–H groups in total. The highest BCUT2D eigenvalue weighted by Crippen LogP contribution is 2.37. The molecule has 0 spiro atoms. The van der Waals surface area contributed by atoms with E-state index in [0.29, 0.717) is 18.3 Å². The molecule has 0 saturated heterocycles. The van der Waals surface area contributed by atoms with Crippen LogP contribution in [0.2, 0.25) is 0 Å². The van der Waals surface area contributed by atoms with Gasteiger partial charge in [-0.3, -0.25) is 0 Å². The molecule has 1 aromatic carbocycles. The van der Waals surface area contributed by atoms with Crippen molar-refractivity contribution in [3.63, 3.8) is 0 Å². The highest BCUT2D eigenvalue weighted by atomic mass is 19.1. The van der Waals surface area contributed by atoms with Gasteiger partial charge in [0.15, 0.2) is 11.6 Å². The van der Waals surface area contributed by atoms with E-state index in [4.69, 9.17) is 4.74 Å². The van der Waals surface area contributed by atoms with Crippen LogP contribution in [0, 0.1) is 5.82 Å². The van der Waals surface area contributed by atoms with Gasteiger partial charge in [0.25, 0.3) is 0 Å². The Bertz CT molecular complexity index is 327. The summed E-state index contributed by atoms with van der Waals surface area (Å²) in [5, 5.41) is 3.09. The van der Waals surface area contributed by atoms with Gasteiger partial charge in [0.2, 0.25) is 0 Å². The Morgan fingerprint density at radius 3 is 3.21 bits per heavy atom. The summed E-state index contributed by atoms with van der Waals surface area (Å²) in [6.07, 6.45) is 0.993. The van der Waals surface area contributed by atoms with Crippen molar-refractivity contribution >= 4 is 0 Å². The molecule has 3 heteroatoms. The molecule has 1 atom stereocenters. The Labute approximate surface area is 83.1 Å². The van der Waals surface area contributed by atoms with E-state index in [1.807, 2.05) is 13.1 Å². The smallest absolute Gasteiger partial charge is 0.165 e. The van der Waals surface area contributed by atoms with Crippen LogP contribution in [-0.4, -0.2) is 20.2 Å². The number of benzene rings is 1. The zero-order valence-electron chi connectivity index (χ0n) is 8.22. The van der Waals surface area contributed by atoms with Crippen LogP contribution in [0.4, 0.5) is 4.39 Å². The second kappa shape index (κ2) is 3.96. The Balaban J connectivity index is 2.18. The molecule has 1 aliphatic rings. The standard InChI is InChI=1S/C11H14FNO/c1-13-6-5-8-7-14-11-9(8)3-2-4-10(11)12/h2-4,8,13H,5-7H2,1H3. The van der Waals surface area contributed by atoms with Crippen LogP contribution in [0.3, 0.4) is 0 Å². The Morgan fingerprint density at radius 1 is 1.57 bits per heavy atom. The summed E-state index contributed by atoms with van der Waals surface area (Å²) >= 11 is 0. The first-order valence-corrected chi connectivity index (χ1v) is 4.88. The molecule has 0 bridgehead atoms. The van der Waals surface area contributed by atoms with E-state index in [1.54, 1.807) is 6.07 Å². The zero-order valence-corrected chi connectivity index (χ0v) is 8.22. The number of nitrogens with one attached hydrogen (secondary N) is 1. The molecular weight excluding hydrogens is 181 g/mol. The fraction of sp³-hybridized carbons (Fsp3) is 0.455. The maximum Gasteiger partial charge on any atom is 0.165 e. The highest BCUT2D eigenvalue weighted by molar-refractivity contribution is 5.40. The number of fused-ring (bicyclic) bond motifs is 1. The van der Waals surface area contributed by atoms with Crippen LogP contribution in [0.1, 0.15) is 17.9 Å². The number of para-hydroxylation sites is 1. The molecule has 2 nitrogen and oxygen atoms in total. The zero-order chi connectivity index (χ0) is 9.97. The number of rotatable bonds is 3. The lowest BCUT2D eigenvalue weighted by Crippen LogP contribution is -2.12. The summed E-state index contributed by atoms with van der Waals surface area (Å²) < 4.78 is 18.6. The molecule has 0 fully saturated rings. The normalized spacial score (nSPS) is 19.1. The van der Waals surface area contributed by atoms with Gasteiger partial charge in [0, 0.05) is 11.5 Å². The molecule has 14 heavy (non-hydrogen) atoms. The summed E-state index contributed by atoms with van der Waals surface area (Å²) in [7, 11) is 1.92. The lowest BCUT2D eigenvalue weighted by molar-refractivity contribution is 0.312. The van der Waals surface area contributed by atoms with Crippen LogP contribution in [0.25, 0.3) is 0 Å². The highest BCUT2D eigenvalue weighted by Gasteiger charge is 2.25. The van der Waals surface area contributed by atoms with E-state index in [-0.39, 0.29) is 5.82 Å². The molecule has 0 aliphatic carbocycles. The molecular formula is C11H14FNO. The summed E-state index contributed by atoms with van der Waals surface area (Å²) in [4.78, 5) is 0. The van der Waals surface area contributed by atoms with E-state index in [1.165, 1.54) is 6.07 Å². The quantitative estimate of drug-likeness (QED) is 0.795. The van der Waals surface area contributed by atoms with E-state index < -0.39 is 0 Å². The van der Waals surface area contributed by atoms with Crippen molar-refractivity contribution in [1.29, 1.82) is 0 Å². The third-order valence-corrected chi connectivity index (χ3v) is 2.61. The molecule has 1 unspecified atom stereocenters. The Morgan fingerprint density at radius 2 is 2.43 bits per heavy atom. The molecule has 76 valence electrons. The average Bonchev–Trinajstić information content (AvgIpc) is 2.60. The molecule has 1 aliphatic heterocycles. The Hall–Kier alpha value is -1.09. The molecule has 1 aromatic rings. The monoisotopic (exact) mass is 195 g/mol. The average molecular weight is 195 g/mol.